The Morgan fingerprint density at radius 3 is 2.32 bits per heavy atom. The third-order valence-corrected chi connectivity index (χ3v) is 4.75. The summed E-state index contributed by atoms with van der Waals surface area (Å²) in [6.07, 6.45) is 0. The van der Waals surface area contributed by atoms with Gasteiger partial charge in [-0.15, -0.1) is 0 Å². The van der Waals surface area contributed by atoms with Gasteiger partial charge in [-0.2, -0.15) is 0 Å². The van der Waals surface area contributed by atoms with E-state index in [1.54, 1.807) is 0 Å². The zero-order valence-electron chi connectivity index (χ0n) is 16.2. The minimum Gasteiger partial charge on any atom is -0.307 e. The third-order valence-electron chi connectivity index (χ3n) is 4.75. The molecule has 2 aromatic heterocycles. The van der Waals surface area contributed by atoms with E-state index < -0.39 is 0 Å². The quantitative estimate of drug-likeness (QED) is 0.522. The molecule has 28 heavy (non-hydrogen) atoms. The fourth-order valence-corrected chi connectivity index (χ4v) is 3.56. The van der Waals surface area contributed by atoms with Gasteiger partial charge in [-0.1, -0.05) is 48.5 Å². The Kier molecular flexibility index (Phi) is 4.62. The number of amides is 1. The van der Waals surface area contributed by atoms with Gasteiger partial charge in [0.05, 0.1) is 16.8 Å². The van der Waals surface area contributed by atoms with Crippen molar-refractivity contribution < 1.29 is 4.79 Å². The maximum atomic E-state index is 13.3. The number of aryl methyl sites for hydroxylation is 2. The van der Waals surface area contributed by atoms with E-state index in [0.29, 0.717) is 11.4 Å². The first-order valence-corrected chi connectivity index (χ1v) is 9.24. The summed E-state index contributed by atoms with van der Waals surface area (Å²) in [6, 6.07) is 21.5. The number of benzene rings is 2. The minimum atomic E-state index is -0.175. The van der Waals surface area contributed by atoms with E-state index in [-0.39, 0.29) is 5.91 Å². The number of nitrogens with one attached hydrogen (secondary N) is 1. The lowest BCUT2D eigenvalue weighted by molar-refractivity contribution is 0.102. The van der Waals surface area contributed by atoms with E-state index in [0.717, 1.165) is 39.0 Å². The van der Waals surface area contributed by atoms with Crippen LogP contribution in [0.25, 0.3) is 22.2 Å². The lowest BCUT2D eigenvalue weighted by atomic mass is 9.97. The number of para-hydroxylation sites is 1. The molecule has 0 aliphatic heterocycles. The Hall–Kier alpha value is -3.53. The van der Waals surface area contributed by atoms with E-state index >= 15 is 0 Å². The second-order valence-electron chi connectivity index (χ2n) is 6.97. The summed E-state index contributed by atoms with van der Waals surface area (Å²) >= 11 is 0. The van der Waals surface area contributed by atoms with Crippen LogP contribution in [0.2, 0.25) is 0 Å². The Morgan fingerprint density at radius 2 is 1.57 bits per heavy atom. The number of carbonyl (C=O) groups excluding carboxylic acids is 1. The lowest BCUT2D eigenvalue weighted by Gasteiger charge is -2.15. The van der Waals surface area contributed by atoms with E-state index in [9.17, 15) is 4.79 Å². The molecule has 0 spiro atoms. The lowest BCUT2D eigenvalue weighted by Crippen LogP contribution is -2.16. The maximum Gasteiger partial charge on any atom is 0.257 e. The van der Waals surface area contributed by atoms with Crippen LogP contribution in [0.1, 0.15) is 27.2 Å². The average Bonchev–Trinajstić information content (AvgIpc) is 2.67. The summed E-state index contributed by atoms with van der Waals surface area (Å²) < 4.78 is 0. The SMILES string of the molecule is Cc1cc(C)nc(NC(=O)c2c(C)c(-c3ccccc3)nc3ccccc23)c1. The number of anilines is 1. The highest BCUT2D eigenvalue weighted by Gasteiger charge is 2.19. The Bertz CT molecular complexity index is 1160. The summed E-state index contributed by atoms with van der Waals surface area (Å²) in [4.78, 5) is 22.5. The molecule has 0 radical (unpaired) electrons. The fourth-order valence-electron chi connectivity index (χ4n) is 3.56. The van der Waals surface area contributed by atoms with Crippen molar-refractivity contribution in [3.8, 4) is 11.3 Å². The molecule has 0 unspecified atom stereocenters. The summed E-state index contributed by atoms with van der Waals surface area (Å²) in [6.45, 7) is 5.86. The summed E-state index contributed by atoms with van der Waals surface area (Å²) in [5.74, 6) is 0.384. The fraction of sp³-hybridized carbons (Fsp3) is 0.125. The Labute approximate surface area is 164 Å². The molecule has 0 saturated heterocycles. The number of fused-ring (bicyclic) bond motifs is 1. The summed E-state index contributed by atoms with van der Waals surface area (Å²) in [7, 11) is 0. The van der Waals surface area contributed by atoms with Gasteiger partial charge >= 0.3 is 0 Å². The number of carbonyl (C=O) groups is 1. The van der Waals surface area contributed by atoms with Crippen LogP contribution in [0.4, 0.5) is 5.82 Å². The molecule has 138 valence electrons. The largest absolute Gasteiger partial charge is 0.307 e. The van der Waals surface area contributed by atoms with E-state index in [1.807, 2.05) is 87.5 Å². The van der Waals surface area contributed by atoms with Gasteiger partial charge in [-0.25, -0.2) is 9.97 Å². The van der Waals surface area contributed by atoms with Crippen molar-refractivity contribution >= 4 is 22.6 Å². The standard InChI is InChI=1S/C24H21N3O/c1-15-13-16(2)25-21(14-15)27-24(28)22-17(3)23(18-9-5-4-6-10-18)26-20-12-8-7-11-19(20)22/h4-14H,1-3H3,(H,25,27,28). The summed E-state index contributed by atoms with van der Waals surface area (Å²) in [5.41, 5.74) is 6.02. The predicted octanol–water partition coefficient (Wildman–Crippen LogP) is 5.47. The number of nitrogens with zero attached hydrogens (tertiary/aromatic N) is 2. The van der Waals surface area contributed by atoms with Crippen LogP contribution in [0, 0.1) is 20.8 Å². The average molecular weight is 367 g/mol. The van der Waals surface area contributed by atoms with Crippen molar-refractivity contribution in [2.24, 2.45) is 0 Å². The molecule has 0 aliphatic rings. The normalized spacial score (nSPS) is 10.8. The van der Waals surface area contributed by atoms with Gasteiger partial charge in [-0.3, -0.25) is 4.79 Å². The topological polar surface area (TPSA) is 54.9 Å². The monoisotopic (exact) mass is 367 g/mol. The van der Waals surface area contributed by atoms with Crippen molar-refractivity contribution in [1.29, 1.82) is 0 Å². The molecule has 1 N–H and O–H groups in total. The van der Waals surface area contributed by atoms with Crippen LogP contribution in [0.5, 0.6) is 0 Å². The smallest absolute Gasteiger partial charge is 0.257 e. The van der Waals surface area contributed by atoms with Gasteiger partial charge in [0.2, 0.25) is 0 Å². The summed E-state index contributed by atoms with van der Waals surface area (Å²) in [5, 5.41) is 3.81. The van der Waals surface area contributed by atoms with Crippen molar-refractivity contribution in [3.63, 3.8) is 0 Å². The molecule has 4 nitrogen and oxygen atoms in total. The Morgan fingerprint density at radius 1 is 0.857 bits per heavy atom. The number of pyridine rings is 2. The number of hydrogen-bond acceptors (Lipinski definition) is 3. The first kappa shape index (κ1) is 17.9. The minimum absolute atomic E-state index is 0.175. The van der Waals surface area contributed by atoms with Gasteiger partial charge in [0.1, 0.15) is 5.82 Å². The molecule has 4 rings (SSSR count). The molecule has 2 heterocycles. The molecule has 4 aromatic rings. The molecule has 0 bridgehead atoms. The van der Waals surface area contributed by atoms with Crippen LogP contribution < -0.4 is 5.32 Å². The molecular weight excluding hydrogens is 346 g/mol. The number of hydrogen-bond donors (Lipinski definition) is 1. The third kappa shape index (κ3) is 3.37. The molecule has 1 amide bonds. The van der Waals surface area contributed by atoms with Crippen molar-refractivity contribution in [1.82, 2.24) is 9.97 Å². The highest BCUT2D eigenvalue weighted by Crippen LogP contribution is 2.30. The second kappa shape index (κ2) is 7.24. The molecule has 0 atom stereocenters. The van der Waals surface area contributed by atoms with Crippen LogP contribution in [0.3, 0.4) is 0 Å². The van der Waals surface area contributed by atoms with Gasteiger partial charge in [0.15, 0.2) is 0 Å². The van der Waals surface area contributed by atoms with Crippen molar-refractivity contribution in [3.05, 3.63) is 89.1 Å². The predicted molar refractivity (Wildman–Crippen MR) is 114 cm³/mol. The van der Waals surface area contributed by atoms with E-state index in [1.165, 1.54) is 0 Å². The van der Waals surface area contributed by atoms with Crippen molar-refractivity contribution in [2.75, 3.05) is 5.32 Å². The van der Waals surface area contributed by atoms with Crippen LogP contribution in [-0.4, -0.2) is 15.9 Å². The number of aromatic nitrogens is 2. The number of rotatable bonds is 3. The highest BCUT2D eigenvalue weighted by atomic mass is 16.1. The van der Waals surface area contributed by atoms with Crippen LogP contribution in [-0.2, 0) is 0 Å². The van der Waals surface area contributed by atoms with Crippen molar-refractivity contribution in [2.45, 2.75) is 20.8 Å². The molecule has 0 aliphatic carbocycles. The van der Waals surface area contributed by atoms with Gasteiger partial charge in [-0.05, 0) is 50.1 Å². The maximum absolute atomic E-state index is 13.3. The van der Waals surface area contributed by atoms with Crippen LogP contribution in [0.15, 0.2) is 66.7 Å². The first-order chi connectivity index (χ1) is 13.5. The molecule has 0 saturated carbocycles. The first-order valence-electron chi connectivity index (χ1n) is 9.24. The highest BCUT2D eigenvalue weighted by molar-refractivity contribution is 6.14. The molecule has 2 aromatic carbocycles. The van der Waals surface area contributed by atoms with Gasteiger partial charge in [0.25, 0.3) is 5.91 Å². The zero-order chi connectivity index (χ0) is 19.7. The Balaban J connectivity index is 1.87. The molecular formula is C24H21N3O. The van der Waals surface area contributed by atoms with E-state index in [2.05, 4.69) is 10.3 Å². The zero-order valence-corrected chi connectivity index (χ0v) is 16.2. The van der Waals surface area contributed by atoms with Gasteiger partial charge in [0, 0.05) is 16.6 Å². The molecule has 4 heteroatoms. The second-order valence-corrected chi connectivity index (χ2v) is 6.97. The van der Waals surface area contributed by atoms with E-state index in [4.69, 9.17) is 4.98 Å². The van der Waals surface area contributed by atoms with Gasteiger partial charge < -0.3 is 5.32 Å². The van der Waals surface area contributed by atoms with Crippen LogP contribution >= 0.6 is 0 Å². The molecule has 0 fully saturated rings.